The van der Waals surface area contributed by atoms with Crippen molar-refractivity contribution in [3.63, 3.8) is 0 Å². The molecule has 1 amide bonds. The Bertz CT molecular complexity index is 438. The van der Waals surface area contributed by atoms with Crippen LogP contribution in [0.25, 0.3) is 0 Å². The summed E-state index contributed by atoms with van der Waals surface area (Å²) in [4.78, 5) is 13.4. The van der Waals surface area contributed by atoms with Gasteiger partial charge in [-0.05, 0) is 19.4 Å². The Kier molecular flexibility index (Phi) is 5.03. The third-order valence-electron chi connectivity index (χ3n) is 2.57. The highest BCUT2D eigenvalue weighted by Crippen LogP contribution is 2.18. The molecule has 0 aliphatic heterocycles. The molecule has 0 radical (unpaired) electrons. The number of nitrogen functional groups attached to an aromatic ring is 1. The molecule has 0 saturated carbocycles. The predicted molar refractivity (Wildman–Crippen MR) is 64.1 cm³/mol. The summed E-state index contributed by atoms with van der Waals surface area (Å²) in [5.74, 6) is -2.38. The molecule has 0 aliphatic rings. The monoisotopic (exact) mass is 258 g/mol. The van der Waals surface area contributed by atoms with Crippen molar-refractivity contribution < 1.29 is 18.7 Å². The fourth-order valence-electron chi connectivity index (χ4n) is 1.56. The van der Waals surface area contributed by atoms with E-state index in [1.807, 2.05) is 0 Å². The molecule has 1 aromatic carbocycles. The van der Waals surface area contributed by atoms with Crippen LogP contribution >= 0.6 is 0 Å². The Morgan fingerprint density at radius 1 is 1.39 bits per heavy atom. The highest BCUT2D eigenvalue weighted by molar-refractivity contribution is 5.95. The number of benzene rings is 1. The molecule has 100 valence electrons. The molecule has 0 heterocycles. The Labute approximate surface area is 104 Å². The average Bonchev–Trinajstić information content (AvgIpc) is 2.34. The maximum atomic E-state index is 13.5. The van der Waals surface area contributed by atoms with Crippen LogP contribution in [0.4, 0.5) is 14.5 Å². The number of halogens is 2. The highest BCUT2D eigenvalue weighted by Gasteiger charge is 2.19. The third kappa shape index (κ3) is 3.16. The number of hydrogen-bond donors (Lipinski definition) is 2. The summed E-state index contributed by atoms with van der Waals surface area (Å²) >= 11 is 0. The molecule has 0 atom stereocenters. The maximum absolute atomic E-state index is 13.5. The van der Waals surface area contributed by atoms with Crippen LogP contribution in [0.5, 0.6) is 0 Å². The van der Waals surface area contributed by atoms with Crippen molar-refractivity contribution in [3.05, 3.63) is 29.3 Å². The second-order valence-electron chi connectivity index (χ2n) is 3.82. The number of carbonyl (C=O) groups is 1. The van der Waals surface area contributed by atoms with E-state index < -0.39 is 17.5 Å². The van der Waals surface area contributed by atoms with E-state index in [0.717, 1.165) is 6.07 Å². The lowest BCUT2D eigenvalue weighted by Gasteiger charge is -2.21. The molecular weight excluding hydrogens is 242 g/mol. The van der Waals surface area contributed by atoms with Crippen molar-refractivity contribution in [2.45, 2.75) is 13.3 Å². The molecule has 0 spiro atoms. The van der Waals surface area contributed by atoms with Crippen molar-refractivity contribution in [1.82, 2.24) is 4.90 Å². The van der Waals surface area contributed by atoms with E-state index in [1.54, 1.807) is 6.92 Å². The largest absolute Gasteiger partial charge is 0.396 e. The van der Waals surface area contributed by atoms with E-state index in [-0.39, 0.29) is 17.9 Å². The first-order valence-corrected chi connectivity index (χ1v) is 5.65. The Morgan fingerprint density at radius 2 is 2.06 bits per heavy atom. The van der Waals surface area contributed by atoms with Gasteiger partial charge in [0, 0.05) is 25.8 Å². The lowest BCUT2D eigenvalue weighted by molar-refractivity contribution is 0.0749. The lowest BCUT2D eigenvalue weighted by atomic mass is 10.1. The number of carbonyl (C=O) groups excluding carboxylic acids is 1. The Balaban J connectivity index is 2.98. The highest BCUT2D eigenvalue weighted by atomic mass is 19.1. The van der Waals surface area contributed by atoms with Gasteiger partial charge in [-0.25, -0.2) is 8.78 Å². The molecule has 4 nitrogen and oxygen atoms in total. The predicted octanol–water partition coefficient (Wildman–Crippen LogP) is 1.39. The van der Waals surface area contributed by atoms with Crippen molar-refractivity contribution >= 4 is 11.6 Å². The van der Waals surface area contributed by atoms with Crippen LogP contribution in [-0.4, -0.2) is 35.6 Å². The molecule has 0 fully saturated rings. The summed E-state index contributed by atoms with van der Waals surface area (Å²) in [6.45, 7) is 2.36. The summed E-state index contributed by atoms with van der Waals surface area (Å²) in [5.41, 5.74) is 4.80. The molecule has 0 bridgehead atoms. The van der Waals surface area contributed by atoms with Gasteiger partial charge in [0.2, 0.25) is 0 Å². The molecule has 0 aromatic heterocycles. The molecular formula is C12H16F2N2O2. The van der Waals surface area contributed by atoms with Gasteiger partial charge in [0.15, 0.2) is 0 Å². The van der Waals surface area contributed by atoms with E-state index >= 15 is 0 Å². The van der Waals surface area contributed by atoms with E-state index in [1.165, 1.54) is 4.90 Å². The minimum atomic E-state index is -0.936. The summed E-state index contributed by atoms with van der Waals surface area (Å²) in [5, 5.41) is 8.72. The number of hydrogen-bond acceptors (Lipinski definition) is 3. The van der Waals surface area contributed by atoms with Crippen molar-refractivity contribution in [2.75, 3.05) is 25.4 Å². The number of nitrogens with zero attached hydrogens (tertiary/aromatic N) is 1. The van der Waals surface area contributed by atoms with Crippen molar-refractivity contribution in [1.29, 1.82) is 0 Å². The van der Waals surface area contributed by atoms with Gasteiger partial charge in [0.05, 0.1) is 11.3 Å². The molecule has 18 heavy (non-hydrogen) atoms. The zero-order valence-corrected chi connectivity index (χ0v) is 10.1. The summed E-state index contributed by atoms with van der Waals surface area (Å²) in [6.07, 6.45) is 0.401. The van der Waals surface area contributed by atoms with Crippen LogP contribution < -0.4 is 5.73 Å². The standard InChI is InChI=1S/C12H16F2N2O2/c1-2-16(4-3-5-17)12(18)8-6-11(15)10(14)7-9(8)13/h6-7,17H,2-5,15H2,1H3. The maximum Gasteiger partial charge on any atom is 0.256 e. The minimum Gasteiger partial charge on any atom is -0.396 e. The van der Waals surface area contributed by atoms with Crippen molar-refractivity contribution in [3.8, 4) is 0 Å². The summed E-state index contributed by atoms with van der Waals surface area (Å²) < 4.78 is 26.5. The summed E-state index contributed by atoms with van der Waals surface area (Å²) in [7, 11) is 0. The molecule has 0 saturated heterocycles. The molecule has 0 unspecified atom stereocenters. The number of anilines is 1. The first kappa shape index (κ1) is 14.4. The molecule has 3 N–H and O–H groups in total. The molecule has 6 heteroatoms. The zero-order valence-electron chi connectivity index (χ0n) is 10.1. The smallest absolute Gasteiger partial charge is 0.256 e. The van der Waals surface area contributed by atoms with Crippen LogP contribution in [0.1, 0.15) is 23.7 Å². The summed E-state index contributed by atoms with van der Waals surface area (Å²) in [6, 6.07) is 1.59. The van der Waals surface area contributed by atoms with Crippen LogP contribution in [0.2, 0.25) is 0 Å². The minimum absolute atomic E-state index is 0.0577. The lowest BCUT2D eigenvalue weighted by Crippen LogP contribution is -2.33. The third-order valence-corrected chi connectivity index (χ3v) is 2.57. The number of amides is 1. The van der Waals surface area contributed by atoms with Gasteiger partial charge in [-0.3, -0.25) is 4.79 Å². The zero-order chi connectivity index (χ0) is 13.7. The van der Waals surface area contributed by atoms with Gasteiger partial charge < -0.3 is 15.7 Å². The van der Waals surface area contributed by atoms with Crippen LogP contribution in [0, 0.1) is 11.6 Å². The van der Waals surface area contributed by atoms with E-state index in [9.17, 15) is 13.6 Å². The molecule has 1 aromatic rings. The first-order valence-electron chi connectivity index (χ1n) is 5.65. The van der Waals surface area contributed by atoms with Gasteiger partial charge in [0.1, 0.15) is 11.6 Å². The molecule has 0 aliphatic carbocycles. The Morgan fingerprint density at radius 3 is 2.61 bits per heavy atom. The SMILES string of the molecule is CCN(CCCO)C(=O)c1cc(N)c(F)cc1F. The van der Waals surface area contributed by atoms with Gasteiger partial charge >= 0.3 is 0 Å². The number of rotatable bonds is 5. The second kappa shape index (κ2) is 6.30. The van der Waals surface area contributed by atoms with Gasteiger partial charge in [-0.15, -0.1) is 0 Å². The van der Waals surface area contributed by atoms with Gasteiger partial charge in [-0.2, -0.15) is 0 Å². The average molecular weight is 258 g/mol. The first-order chi connectivity index (χ1) is 8.51. The van der Waals surface area contributed by atoms with Crippen molar-refractivity contribution in [2.24, 2.45) is 0 Å². The fraction of sp³-hybridized carbons (Fsp3) is 0.417. The normalized spacial score (nSPS) is 10.4. The quantitative estimate of drug-likeness (QED) is 0.784. The number of aliphatic hydroxyl groups is 1. The molecule has 1 rings (SSSR count). The number of nitrogens with two attached hydrogens (primary N) is 1. The van der Waals surface area contributed by atoms with Crippen LogP contribution in [0.15, 0.2) is 12.1 Å². The fourth-order valence-corrected chi connectivity index (χ4v) is 1.56. The van der Waals surface area contributed by atoms with E-state index in [4.69, 9.17) is 10.8 Å². The van der Waals surface area contributed by atoms with Crippen LogP contribution in [0.3, 0.4) is 0 Å². The van der Waals surface area contributed by atoms with E-state index in [0.29, 0.717) is 25.6 Å². The Hall–Kier alpha value is -1.69. The van der Waals surface area contributed by atoms with Gasteiger partial charge in [-0.1, -0.05) is 0 Å². The number of aliphatic hydroxyl groups excluding tert-OH is 1. The van der Waals surface area contributed by atoms with E-state index in [2.05, 4.69) is 0 Å². The topological polar surface area (TPSA) is 66.6 Å². The van der Waals surface area contributed by atoms with Gasteiger partial charge in [0.25, 0.3) is 5.91 Å². The van der Waals surface area contributed by atoms with Crippen LogP contribution in [-0.2, 0) is 0 Å². The second-order valence-corrected chi connectivity index (χ2v) is 3.82.